The molecule has 0 aromatic heterocycles. The van der Waals surface area contributed by atoms with E-state index in [1.807, 2.05) is 45.9 Å². The zero-order valence-electron chi connectivity index (χ0n) is 13.6. The fourth-order valence-corrected chi connectivity index (χ4v) is 2.20. The molecule has 4 heteroatoms. The van der Waals surface area contributed by atoms with Crippen molar-refractivity contribution in [3.8, 4) is 0 Å². The second kappa shape index (κ2) is 8.03. The van der Waals surface area contributed by atoms with Crippen LogP contribution in [0.4, 0.5) is 5.69 Å². The molecule has 0 bridgehead atoms. The van der Waals surface area contributed by atoms with Gasteiger partial charge in [0.25, 0.3) is 0 Å². The minimum atomic E-state index is -0.0682. The molecule has 118 valence electrons. The van der Waals surface area contributed by atoms with E-state index < -0.39 is 0 Å². The van der Waals surface area contributed by atoms with Gasteiger partial charge in [0, 0.05) is 18.8 Å². The van der Waals surface area contributed by atoms with Crippen molar-refractivity contribution in [2.45, 2.75) is 40.5 Å². The van der Waals surface area contributed by atoms with E-state index in [2.05, 4.69) is 10.6 Å². The minimum absolute atomic E-state index is 0.000502. The number of aryl methyl sites for hydroxylation is 2. The topological polar surface area (TPSA) is 61.4 Å². The summed E-state index contributed by atoms with van der Waals surface area (Å²) in [6.07, 6.45) is 1.77. The molecular weight excluding hydrogens is 264 g/mol. The number of para-hydroxylation sites is 1. The SMILES string of the molecule is Cc1cccc(C)c1NCC(=O)NCCCC(C)(C)CO. The molecule has 0 aliphatic rings. The summed E-state index contributed by atoms with van der Waals surface area (Å²) in [6, 6.07) is 6.08. The van der Waals surface area contributed by atoms with E-state index in [0.29, 0.717) is 6.54 Å². The number of nitrogens with one attached hydrogen (secondary N) is 2. The van der Waals surface area contributed by atoms with Crippen LogP contribution >= 0.6 is 0 Å². The van der Waals surface area contributed by atoms with Crippen molar-refractivity contribution >= 4 is 11.6 Å². The van der Waals surface area contributed by atoms with Gasteiger partial charge in [-0.3, -0.25) is 4.79 Å². The molecule has 1 aromatic carbocycles. The fraction of sp³-hybridized carbons (Fsp3) is 0.588. The average Bonchev–Trinajstić information content (AvgIpc) is 2.43. The second-order valence-electron chi connectivity index (χ2n) is 6.40. The molecule has 0 heterocycles. The number of aliphatic hydroxyl groups is 1. The van der Waals surface area contributed by atoms with E-state index in [4.69, 9.17) is 5.11 Å². The second-order valence-corrected chi connectivity index (χ2v) is 6.40. The van der Waals surface area contributed by atoms with Crippen molar-refractivity contribution < 1.29 is 9.90 Å². The smallest absolute Gasteiger partial charge is 0.239 e. The van der Waals surface area contributed by atoms with Gasteiger partial charge in [0.1, 0.15) is 0 Å². The molecule has 0 unspecified atom stereocenters. The number of hydrogen-bond acceptors (Lipinski definition) is 3. The van der Waals surface area contributed by atoms with E-state index in [0.717, 1.165) is 29.7 Å². The molecule has 0 radical (unpaired) electrons. The lowest BCUT2D eigenvalue weighted by molar-refractivity contribution is -0.119. The van der Waals surface area contributed by atoms with Gasteiger partial charge in [0.15, 0.2) is 0 Å². The van der Waals surface area contributed by atoms with Crippen LogP contribution in [0.1, 0.15) is 37.8 Å². The molecular formula is C17H28N2O2. The average molecular weight is 292 g/mol. The summed E-state index contributed by atoms with van der Waals surface area (Å²) in [4.78, 5) is 11.8. The lowest BCUT2D eigenvalue weighted by Gasteiger charge is -2.21. The van der Waals surface area contributed by atoms with Crippen molar-refractivity contribution in [1.82, 2.24) is 5.32 Å². The van der Waals surface area contributed by atoms with Crippen LogP contribution in [0, 0.1) is 19.3 Å². The third kappa shape index (κ3) is 6.17. The number of carbonyl (C=O) groups is 1. The molecule has 1 amide bonds. The lowest BCUT2D eigenvalue weighted by Crippen LogP contribution is -2.31. The molecule has 4 nitrogen and oxygen atoms in total. The van der Waals surface area contributed by atoms with E-state index in [-0.39, 0.29) is 24.5 Å². The van der Waals surface area contributed by atoms with E-state index >= 15 is 0 Å². The van der Waals surface area contributed by atoms with E-state index in [9.17, 15) is 4.79 Å². The summed E-state index contributed by atoms with van der Waals surface area (Å²) >= 11 is 0. The number of benzene rings is 1. The number of anilines is 1. The van der Waals surface area contributed by atoms with Crippen LogP contribution in [-0.4, -0.2) is 30.7 Å². The van der Waals surface area contributed by atoms with Crippen LogP contribution < -0.4 is 10.6 Å². The maximum absolute atomic E-state index is 11.8. The Morgan fingerprint density at radius 1 is 1.24 bits per heavy atom. The molecule has 0 saturated heterocycles. The first-order valence-electron chi connectivity index (χ1n) is 7.53. The molecule has 0 spiro atoms. The quantitative estimate of drug-likeness (QED) is 0.646. The molecule has 1 aromatic rings. The summed E-state index contributed by atoms with van der Waals surface area (Å²) in [5, 5.41) is 15.3. The fourth-order valence-electron chi connectivity index (χ4n) is 2.20. The molecule has 1 rings (SSSR count). The summed E-state index contributed by atoms with van der Waals surface area (Å²) < 4.78 is 0. The van der Waals surface area contributed by atoms with Crippen LogP contribution in [0.3, 0.4) is 0 Å². The van der Waals surface area contributed by atoms with Gasteiger partial charge < -0.3 is 15.7 Å². The van der Waals surface area contributed by atoms with Gasteiger partial charge in [-0.2, -0.15) is 0 Å². The highest BCUT2D eigenvalue weighted by Crippen LogP contribution is 2.20. The third-order valence-electron chi connectivity index (χ3n) is 3.69. The first-order chi connectivity index (χ1) is 9.85. The first kappa shape index (κ1) is 17.5. The highest BCUT2D eigenvalue weighted by Gasteiger charge is 2.15. The molecule has 21 heavy (non-hydrogen) atoms. The number of carbonyl (C=O) groups excluding carboxylic acids is 1. The van der Waals surface area contributed by atoms with Crippen molar-refractivity contribution in [3.05, 3.63) is 29.3 Å². The normalized spacial score (nSPS) is 11.3. The van der Waals surface area contributed by atoms with E-state index in [1.165, 1.54) is 0 Å². The van der Waals surface area contributed by atoms with Crippen LogP contribution in [0.15, 0.2) is 18.2 Å². The van der Waals surface area contributed by atoms with Gasteiger partial charge in [-0.1, -0.05) is 32.0 Å². The Labute approximate surface area is 128 Å². The van der Waals surface area contributed by atoms with Crippen LogP contribution in [0.5, 0.6) is 0 Å². The first-order valence-corrected chi connectivity index (χ1v) is 7.53. The zero-order valence-corrected chi connectivity index (χ0v) is 13.6. The maximum atomic E-state index is 11.8. The Kier molecular flexibility index (Phi) is 6.69. The standard InChI is InChI=1S/C17H28N2O2/c1-13-7-5-8-14(2)16(13)19-11-15(21)18-10-6-9-17(3,4)12-20/h5,7-8,19-20H,6,9-12H2,1-4H3,(H,18,21). The predicted octanol–water partition coefficient (Wildman–Crippen LogP) is 2.63. The molecule has 0 aliphatic carbocycles. The van der Waals surface area contributed by atoms with Gasteiger partial charge in [0.2, 0.25) is 5.91 Å². The largest absolute Gasteiger partial charge is 0.396 e. The number of rotatable bonds is 8. The van der Waals surface area contributed by atoms with Crippen molar-refractivity contribution in [3.63, 3.8) is 0 Å². The third-order valence-corrected chi connectivity index (χ3v) is 3.69. The molecule has 0 fully saturated rings. The number of hydrogen-bond donors (Lipinski definition) is 3. The summed E-state index contributed by atoms with van der Waals surface area (Å²) in [6.45, 7) is 9.23. The van der Waals surface area contributed by atoms with Gasteiger partial charge in [0.05, 0.1) is 6.54 Å². The number of amides is 1. The highest BCUT2D eigenvalue weighted by atomic mass is 16.3. The molecule has 0 saturated carbocycles. The predicted molar refractivity (Wildman–Crippen MR) is 87.5 cm³/mol. The molecule has 0 aliphatic heterocycles. The summed E-state index contributed by atoms with van der Waals surface area (Å²) in [7, 11) is 0. The Hall–Kier alpha value is -1.55. The lowest BCUT2D eigenvalue weighted by atomic mass is 9.89. The molecule has 0 atom stereocenters. The summed E-state index contributed by atoms with van der Waals surface area (Å²) in [5.41, 5.74) is 3.26. The minimum Gasteiger partial charge on any atom is -0.396 e. The van der Waals surface area contributed by atoms with Crippen LogP contribution in [0.2, 0.25) is 0 Å². The maximum Gasteiger partial charge on any atom is 0.239 e. The number of aliphatic hydroxyl groups excluding tert-OH is 1. The van der Waals surface area contributed by atoms with Crippen molar-refractivity contribution in [2.75, 3.05) is 25.0 Å². The van der Waals surface area contributed by atoms with Gasteiger partial charge >= 0.3 is 0 Å². The van der Waals surface area contributed by atoms with Crippen LogP contribution in [0.25, 0.3) is 0 Å². The van der Waals surface area contributed by atoms with Gasteiger partial charge in [-0.25, -0.2) is 0 Å². The Balaban J connectivity index is 2.29. The Morgan fingerprint density at radius 3 is 2.43 bits per heavy atom. The Morgan fingerprint density at radius 2 is 1.86 bits per heavy atom. The van der Waals surface area contributed by atoms with Crippen molar-refractivity contribution in [2.24, 2.45) is 5.41 Å². The van der Waals surface area contributed by atoms with E-state index in [1.54, 1.807) is 0 Å². The zero-order chi connectivity index (χ0) is 15.9. The monoisotopic (exact) mass is 292 g/mol. The van der Waals surface area contributed by atoms with Crippen LogP contribution in [-0.2, 0) is 4.79 Å². The van der Waals surface area contributed by atoms with Gasteiger partial charge in [-0.15, -0.1) is 0 Å². The van der Waals surface area contributed by atoms with Gasteiger partial charge in [-0.05, 0) is 43.2 Å². The molecule has 3 N–H and O–H groups in total. The summed E-state index contributed by atoms with van der Waals surface area (Å²) in [5.74, 6) is -0.000502. The highest BCUT2D eigenvalue weighted by molar-refractivity contribution is 5.81. The van der Waals surface area contributed by atoms with Crippen molar-refractivity contribution in [1.29, 1.82) is 0 Å². The Bertz CT molecular complexity index is 450.